The second kappa shape index (κ2) is 10.5. The van der Waals surface area contributed by atoms with Crippen LogP contribution in [0.1, 0.15) is 24.3 Å². The fraction of sp³-hybridized carbons (Fsp3) is 0.444. The Hall–Kier alpha value is -3.39. The molecule has 0 atom stereocenters. The highest BCUT2D eigenvalue weighted by atomic mass is 16.5. The molecule has 2 aromatic carbocycles. The van der Waals surface area contributed by atoms with E-state index in [1.165, 1.54) is 5.56 Å². The highest BCUT2D eigenvalue weighted by Crippen LogP contribution is 2.29. The van der Waals surface area contributed by atoms with E-state index in [4.69, 9.17) is 9.26 Å². The van der Waals surface area contributed by atoms with Crippen molar-refractivity contribution in [1.29, 1.82) is 0 Å². The summed E-state index contributed by atoms with van der Waals surface area (Å²) in [5, 5.41) is 4.15. The van der Waals surface area contributed by atoms with Crippen molar-refractivity contribution in [2.24, 2.45) is 5.92 Å². The number of para-hydroxylation sites is 2. The Balaban J connectivity index is 1.10. The smallest absolute Gasteiger partial charge is 0.241 e. The molecule has 2 aliphatic heterocycles. The van der Waals surface area contributed by atoms with Crippen molar-refractivity contribution in [3.8, 4) is 17.1 Å². The highest BCUT2D eigenvalue weighted by Gasteiger charge is 2.31. The summed E-state index contributed by atoms with van der Waals surface area (Å²) in [5.74, 6) is 2.52. The van der Waals surface area contributed by atoms with Crippen molar-refractivity contribution in [2.45, 2.75) is 26.3 Å². The van der Waals surface area contributed by atoms with Gasteiger partial charge in [-0.05, 0) is 51.1 Å². The maximum Gasteiger partial charge on any atom is 0.241 e. The van der Waals surface area contributed by atoms with E-state index in [1.807, 2.05) is 35.2 Å². The van der Waals surface area contributed by atoms with Gasteiger partial charge in [-0.3, -0.25) is 9.69 Å². The number of hydrogen-bond donors (Lipinski definition) is 0. The Morgan fingerprint density at radius 1 is 1.03 bits per heavy atom. The molecule has 2 saturated heterocycles. The van der Waals surface area contributed by atoms with E-state index in [0.29, 0.717) is 24.2 Å². The van der Waals surface area contributed by atoms with Crippen molar-refractivity contribution in [3.63, 3.8) is 0 Å². The first kappa shape index (κ1) is 23.4. The van der Waals surface area contributed by atoms with Crippen molar-refractivity contribution in [2.75, 3.05) is 51.3 Å². The number of methoxy groups -OCH3 is 1. The molecule has 1 amide bonds. The van der Waals surface area contributed by atoms with Crippen LogP contribution >= 0.6 is 0 Å². The summed E-state index contributed by atoms with van der Waals surface area (Å²) < 4.78 is 11.0. The molecule has 35 heavy (non-hydrogen) atoms. The van der Waals surface area contributed by atoms with E-state index >= 15 is 0 Å². The minimum atomic E-state index is 0.0922. The third-order valence-electron chi connectivity index (χ3n) is 7.06. The van der Waals surface area contributed by atoms with E-state index < -0.39 is 0 Å². The van der Waals surface area contributed by atoms with Gasteiger partial charge in [-0.25, -0.2) is 0 Å². The lowest BCUT2D eigenvalue weighted by atomic mass is 9.95. The van der Waals surface area contributed by atoms with Crippen molar-refractivity contribution in [3.05, 3.63) is 60.0 Å². The Bertz CT molecular complexity index is 1150. The van der Waals surface area contributed by atoms with Gasteiger partial charge in [-0.1, -0.05) is 41.1 Å². The number of benzene rings is 2. The predicted molar refractivity (Wildman–Crippen MR) is 134 cm³/mol. The Labute approximate surface area is 206 Å². The van der Waals surface area contributed by atoms with Crippen LogP contribution in [-0.2, 0) is 11.3 Å². The van der Waals surface area contributed by atoms with E-state index in [1.54, 1.807) is 7.11 Å². The van der Waals surface area contributed by atoms with Gasteiger partial charge in [0.05, 0.1) is 19.3 Å². The fourth-order valence-corrected chi connectivity index (χ4v) is 5.07. The number of aryl methyl sites for hydroxylation is 1. The molecule has 0 aliphatic carbocycles. The minimum absolute atomic E-state index is 0.0922. The normalized spacial score (nSPS) is 17.5. The van der Waals surface area contributed by atoms with Crippen LogP contribution in [0.3, 0.4) is 0 Å². The predicted octanol–water partition coefficient (Wildman–Crippen LogP) is 3.61. The third kappa shape index (κ3) is 5.32. The quantitative estimate of drug-likeness (QED) is 0.539. The van der Waals surface area contributed by atoms with Crippen molar-refractivity contribution >= 4 is 11.6 Å². The lowest BCUT2D eigenvalue weighted by Gasteiger charge is -2.39. The number of ether oxygens (including phenoxy) is 1. The van der Waals surface area contributed by atoms with E-state index in [0.717, 1.165) is 69.1 Å². The number of piperidine rings is 1. The number of hydrogen-bond acceptors (Lipinski definition) is 7. The molecular formula is C27H33N5O3. The van der Waals surface area contributed by atoms with Gasteiger partial charge in [0.1, 0.15) is 5.75 Å². The van der Waals surface area contributed by atoms with Gasteiger partial charge in [0.2, 0.25) is 17.6 Å². The number of carbonyl (C=O) groups is 1. The van der Waals surface area contributed by atoms with Gasteiger partial charge < -0.3 is 19.1 Å². The van der Waals surface area contributed by atoms with Gasteiger partial charge in [0.25, 0.3) is 0 Å². The van der Waals surface area contributed by atoms with Crippen LogP contribution in [0.5, 0.6) is 5.75 Å². The molecule has 3 heterocycles. The molecule has 0 radical (unpaired) electrons. The number of carbonyl (C=O) groups excluding carboxylic acids is 1. The standard InChI is InChI=1S/C27H33N5O3/c1-20-6-5-7-22(18-20)26-28-25(35-29-26)19-30-12-10-21(11-13-30)27(33)32-16-14-31(15-17-32)23-8-3-4-9-24(23)34-2/h3-9,18,21H,10-17,19H2,1-2H3. The number of piperazine rings is 1. The second-order valence-corrected chi connectivity index (χ2v) is 9.42. The van der Waals surface area contributed by atoms with Crippen LogP contribution in [-0.4, -0.2) is 72.2 Å². The summed E-state index contributed by atoms with van der Waals surface area (Å²) in [7, 11) is 1.70. The zero-order valence-corrected chi connectivity index (χ0v) is 20.5. The average Bonchev–Trinajstić information content (AvgIpc) is 3.37. The molecule has 8 heteroatoms. The summed E-state index contributed by atoms with van der Waals surface area (Å²) >= 11 is 0. The molecule has 8 nitrogen and oxygen atoms in total. The molecule has 0 N–H and O–H groups in total. The maximum atomic E-state index is 13.2. The zero-order valence-electron chi connectivity index (χ0n) is 20.5. The summed E-state index contributed by atoms with van der Waals surface area (Å²) in [6, 6.07) is 16.2. The Morgan fingerprint density at radius 2 is 1.80 bits per heavy atom. The first-order valence-corrected chi connectivity index (χ1v) is 12.4. The van der Waals surface area contributed by atoms with Crippen molar-refractivity contribution < 1.29 is 14.1 Å². The molecular weight excluding hydrogens is 442 g/mol. The summed E-state index contributed by atoms with van der Waals surface area (Å²) in [6.45, 7) is 7.55. The van der Waals surface area contributed by atoms with Crippen molar-refractivity contribution in [1.82, 2.24) is 19.9 Å². The van der Waals surface area contributed by atoms with Gasteiger partial charge in [-0.15, -0.1) is 0 Å². The monoisotopic (exact) mass is 475 g/mol. The molecule has 1 aromatic heterocycles. The molecule has 5 rings (SSSR count). The minimum Gasteiger partial charge on any atom is -0.495 e. The van der Waals surface area contributed by atoms with Crippen LogP contribution in [0.25, 0.3) is 11.4 Å². The van der Waals surface area contributed by atoms with Gasteiger partial charge in [-0.2, -0.15) is 4.98 Å². The lowest BCUT2D eigenvalue weighted by molar-refractivity contribution is -0.137. The van der Waals surface area contributed by atoms with E-state index in [-0.39, 0.29) is 5.92 Å². The number of aromatic nitrogens is 2. The van der Waals surface area contributed by atoms with Crippen LogP contribution in [0.15, 0.2) is 53.1 Å². The lowest BCUT2D eigenvalue weighted by Crippen LogP contribution is -2.51. The SMILES string of the molecule is COc1ccccc1N1CCN(C(=O)C2CCN(Cc3nc(-c4cccc(C)c4)no3)CC2)CC1. The zero-order chi connectivity index (χ0) is 24.2. The molecule has 0 saturated carbocycles. The molecule has 3 aromatic rings. The number of rotatable bonds is 6. The number of nitrogens with zero attached hydrogens (tertiary/aromatic N) is 5. The first-order valence-electron chi connectivity index (χ1n) is 12.4. The van der Waals surface area contributed by atoms with E-state index in [9.17, 15) is 4.79 Å². The highest BCUT2D eigenvalue weighted by molar-refractivity contribution is 5.79. The van der Waals surface area contributed by atoms with E-state index in [2.05, 4.69) is 45.1 Å². The number of likely N-dealkylation sites (tertiary alicyclic amines) is 1. The largest absolute Gasteiger partial charge is 0.495 e. The average molecular weight is 476 g/mol. The van der Waals surface area contributed by atoms with Gasteiger partial charge in [0, 0.05) is 37.7 Å². The van der Waals surface area contributed by atoms with Crippen LogP contribution in [0, 0.1) is 12.8 Å². The number of amides is 1. The Kier molecular flexibility index (Phi) is 6.99. The third-order valence-corrected chi connectivity index (χ3v) is 7.06. The summed E-state index contributed by atoms with van der Waals surface area (Å²) in [6.07, 6.45) is 1.73. The Morgan fingerprint density at radius 3 is 2.54 bits per heavy atom. The molecule has 2 fully saturated rings. The van der Waals surface area contributed by atoms with Crippen LogP contribution in [0.2, 0.25) is 0 Å². The molecule has 0 unspecified atom stereocenters. The topological polar surface area (TPSA) is 74.9 Å². The van der Waals surface area contributed by atoms with Crippen LogP contribution < -0.4 is 9.64 Å². The van der Waals surface area contributed by atoms with Crippen LogP contribution in [0.4, 0.5) is 5.69 Å². The van der Waals surface area contributed by atoms with Gasteiger partial charge >= 0.3 is 0 Å². The van der Waals surface area contributed by atoms with Gasteiger partial charge in [0.15, 0.2) is 0 Å². The molecule has 0 bridgehead atoms. The maximum absolute atomic E-state index is 13.2. The number of anilines is 1. The summed E-state index contributed by atoms with van der Waals surface area (Å²) in [5.41, 5.74) is 3.24. The molecule has 184 valence electrons. The molecule has 0 spiro atoms. The fourth-order valence-electron chi connectivity index (χ4n) is 5.07. The molecule has 2 aliphatic rings. The summed E-state index contributed by atoms with van der Waals surface area (Å²) in [4.78, 5) is 24.4. The first-order chi connectivity index (χ1) is 17.1. The second-order valence-electron chi connectivity index (χ2n) is 9.42.